The number of benzene rings is 2. The lowest BCUT2D eigenvalue weighted by Gasteiger charge is -2.33. The van der Waals surface area contributed by atoms with Gasteiger partial charge >= 0.3 is 0 Å². The lowest BCUT2D eigenvalue weighted by atomic mass is 9.96. The number of piperidine rings is 1. The second-order valence-corrected chi connectivity index (χ2v) is 8.97. The summed E-state index contributed by atoms with van der Waals surface area (Å²) < 4.78 is 5.58. The van der Waals surface area contributed by atoms with Crippen molar-refractivity contribution in [2.45, 2.75) is 25.3 Å². The van der Waals surface area contributed by atoms with Crippen LogP contribution in [0, 0.1) is 5.92 Å². The van der Waals surface area contributed by atoms with Crippen LogP contribution in [0.2, 0.25) is 0 Å². The number of rotatable bonds is 8. The molecule has 3 aromatic rings. The average Bonchev–Trinajstić information content (AvgIpc) is 3.25. The molecule has 1 aromatic heterocycles. The molecule has 0 spiro atoms. The number of nitrogens with one attached hydrogen (secondary N) is 2. The third-order valence-corrected chi connectivity index (χ3v) is 6.64. The summed E-state index contributed by atoms with van der Waals surface area (Å²) in [6.45, 7) is 2.18. The van der Waals surface area contributed by atoms with E-state index in [9.17, 15) is 9.59 Å². The molecule has 4 N–H and O–H groups in total. The Morgan fingerprint density at radius 2 is 1.91 bits per heavy atom. The van der Waals surface area contributed by atoms with E-state index in [0.717, 1.165) is 34.3 Å². The molecule has 1 saturated heterocycles. The number of amides is 2. The number of hydrogen-bond donors (Lipinski definition) is 3. The van der Waals surface area contributed by atoms with E-state index >= 15 is 0 Å². The molecule has 1 aliphatic rings. The maximum atomic E-state index is 12.8. The molecule has 8 heteroatoms. The van der Waals surface area contributed by atoms with Crippen LogP contribution in [-0.4, -0.2) is 53.3 Å². The minimum atomic E-state index is -0.587. The number of carbonyl (C=O) groups is 2. The van der Waals surface area contributed by atoms with Crippen LogP contribution >= 0.6 is 11.5 Å². The van der Waals surface area contributed by atoms with E-state index in [2.05, 4.69) is 15.0 Å². The van der Waals surface area contributed by atoms with Crippen LogP contribution in [0.5, 0.6) is 0 Å². The van der Waals surface area contributed by atoms with Gasteiger partial charge in [-0.2, -0.15) is 4.37 Å². The quantitative estimate of drug-likeness (QED) is 0.457. The monoisotopic (exact) mass is 451 g/mol. The summed E-state index contributed by atoms with van der Waals surface area (Å²) in [5.41, 5.74) is 7.22. The summed E-state index contributed by atoms with van der Waals surface area (Å²) in [6.07, 6.45) is 2.10. The van der Waals surface area contributed by atoms with Gasteiger partial charge in [-0.3, -0.25) is 9.59 Å². The fourth-order valence-electron chi connectivity index (χ4n) is 4.11. The molecule has 0 aliphatic carbocycles. The first-order valence-electron chi connectivity index (χ1n) is 11.1. The lowest BCUT2D eigenvalue weighted by molar-refractivity contribution is -0.136. The minimum absolute atomic E-state index is 0.0101. The lowest BCUT2D eigenvalue weighted by Crippen LogP contribution is -2.51. The standard InChI is InChI=1S/C24H29N5O2S/c25-20(15-17-7-2-1-3-8-17)24(31)29-14-6-9-18(16-29)23(30)27-13-12-26-22-19-10-4-5-11-21(19)32-28-22/h1-5,7-8,10-11,18,20H,6,9,12-16,25H2,(H,26,28)(H,27,30)/t18?,20-/m0/s1. The van der Waals surface area contributed by atoms with E-state index in [4.69, 9.17) is 5.73 Å². The molecule has 2 heterocycles. The minimum Gasteiger partial charge on any atom is -0.367 e. The molecular weight excluding hydrogens is 422 g/mol. The first-order valence-corrected chi connectivity index (χ1v) is 11.8. The number of hydrogen-bond acceptors (Lipinski definition) is 6. The number of carbonyl (C=O) groups excluding carboxylic acids is 2. The highest BCUT2D eigenvalue weighted by Crippen LogP contribution is 2.25. The molecule has 4 rings (SSSR count). The molecule has 2 atom stereocenters. The van der Waals surface area contributed by atoms with Crippen molar-refractivity contribution in [1.29, 1.82) is 0 Å². The maximum Gasteiger partial charge on any atom is 0.239 e. The Morgan fingerprint density at radius 1 is 1.12 bits per heavy atom. The van der Waals surface area contributed by atoms with Crippen LogP contribution in [0.15, 0.2) is 54.6 Å². The van der Waals surface area contributed by atoms with Crippen molar-refractivity contribution in [3.05, 3.63) is 60.2 Å². The second-order valence-electron chi connectivity index (χ2n) is 8.16. The first-order chi connectivity index (χ1) is 15.6. The van der Waals surface area contributed by atoms with E-state index in [1.165, 1.54) is 11.5 Å². The van der Waals surface area contributed by atoms with E-state index in [-0.39, 0.29) is 17.7 Å². The Kier molecular flexibility index (Phi) is 7.34. The summed E-state index contributed by atoms with van der Waals surface area (Å²) in [7, 11) is 0. The van der Waals surface area contributed by atoms with Crippen molar-refractivity contribution in [1.82, 2.24) is 14.6 Å². The zero-order valence-corrected chi connectivity index (χ0v) is 18.8. The normalized spacial score (nSPS) is 17.2. The molecule has 0 radical (unpaired) electrons. The molecule has 7 nitrogen and oxygen atoms in total. The summed E-state index contributed by atoms with van der Waals surface area (Å²) in [4.78, 5) is 27.3. The van der Waals surface area contributed by atoms with Crippen LogP contribution in [0.1, 0.15) is 18.4 Å². The molecule has 2 aromatic carbocycles. The third-order valence-electron chi connectivity index (χ3n) is 5.81. The Bertz CT molecular complexity index is 1050. The SMILES string of the molecule is N[C@@H](Cc1ccccc1)C(=O)N1CCCC(C(=O)NCCNc2nsc3ccccc23)C1. The Labute approximate surface area is 192 Å². The molecule has 0 saturated carbocycles. The predicted molar refractivity (Wildman–Crippen MR) is 129 cm³/mol. The molecular formula is C24H29N5O2S. The molecule has 1 fully saturated rings. The van der Waals surface area contributed by atoms with Gasteiger partial charge in [-0.1, -0.05) is 42.5 Å². The largest absolute Gasteiger partial charge is 0.367 e. The molecule has 0 bridgehead atoms. The van der Waals surface area contributed by atoms with Crippen molar-refractivity contribution in [2.75, 3.05) is 31.5 Å². The smallest absolute Gasteiger partial charge is 0.239 e. The number of fused-ring (bicyclic) bond motifs is 1. The fourth-order valence-corrected chi connectivity index (χ4v) is 4.86. The number of likely N-dealkylation sites (tertiary alicyclic amines) is 1. The van der Waals surface area contributed by atoms with Crippen molar-refractivity contribution in [2.24, 2.45) is 11.7 Å². The molecule has 2 amide bonds. The average molecular weight is 452 g/mol. The number of nitrogens with two attached hydrogens (primary N) is 1. The van der Waals surface area contributed by atoms with Gasteiger partial charge in [0, 0.05) is 31.6 Å². The topological polar surface area (TPSA) is 100 Å². The highest BCUT2D eigenvalue weighted by atomic mass is 32.1. The zero-order chi connectivity index (χ0) is 22.3. The van der Waals surface area contributed by atoms with Crippen molar-refractivity contribution in [3.8, 4) is 0 Å². The van der Waals surface area contributed by atoms with Crippen LogP contribution < -0.4 is 16.4 Å². The number of nitrogens with zero attached hydrogens (tertiary/aromatic N) is 2. The van der Waals surface area contributed by atoms with Crippen LogP contribution in [-0.2, 0) is 16.0 Å². The molecule has 1 aliphatic heterocycles. The van der Waals surface area contributed by atoms with Crippen molar-refractivity contribution >= 4 is 39.3 Å². The Balaban J connectivity index is 1.23. The van der Waals surface area contributed by atoms with E-state index in [1.807, 2.05) is 54.6 Å². The van der Waals surface area contributed by atoms with Crippen LogP contribution in [0.3, 0.4) is 0 Å². The molecule has 168 valence electrons. The van der Waals surface area contributed by atoms with Gasteiger partial charge in [0.1, 0.15) is 5.82 Å². The Morgan fingerprint density at radius 3 is 2.75 bits per heavy atom. The number of anilines is 1. The second kappa shape index (κ2) is 10.6. The van der Waals surface area contributed by atoms with Gasteiger partial charge in [-0.15, -0.1) is 0 Å². The summed E-state index contributed by atoms with van der Waals surface area (Å²) in [5.74, 6) is 0.561. The van der Waals surface area contributed by atoms with Crippen LogP contribution in [0.25, 0.3) is 10.1 Å². The van der Waals surface area contributed by atoms with Gasteiger partial charge in [0.15, 0.2) is 0 Å². The van der Waals surface area contributed by atoms with E-state index < -0.39 is 6.04 Å². The number of aromatic nitrogens is 1. The first kappa shape index (κ1) is 22.2. The van der Waals surface area contributed by atoms with Gasteiger partial charge in [0.25, 0.3) is 0 Å². The Hall–Kier alpha value is -2.97. The summed E-state index contributed by atoms with van der Waals surface area (Å²) >= 11 is 1.46. The van der Waals surface area contributed by atoms with Crippen molar-refractivity contribution < 1.29 is 9.59 Å². The van der Waals surface area contributed by atoms with Crippen LogP contribution in [0.4, 0.5) is 5.82 Å². The van der Waals surface area contributed by atoms with Gasteiger partial charge in [-0.25, -0.2) is 0 Å². The highest BCUT2D eigenvalue weighted by Gasteiger charge is 2.30. The molecule has 1 unspecified atom stereocenters. The highest BCUT2D eigenvalue weighted by molar-refractivity contribution is 7.13. The van der Waals surface area contributed by atoms with E-state index in [1.54, 1.807) is 4.90 Å². The van der Waals surface area contributed by atoms with Gasteiger partial charge < -0.3 is 21.3 Å². The predicted octanol–water partition coefficient (Wildman–Crippen LogP) is 2.63. The zero-order valence-electron chi connectivity index (χ0n) is 18.0. The van der Waals surface area contributed by atoms with Gasteiger partial charge in [0.2, 0.25) is 11.8 Å². The summed E-state index contributed by atoms with van der Waals surface area (Å²) in [6, 6.07) is 17.3. The third kappa shape index (κ3) is 5.44. The van der Waals surface area contributed by atoms with Gasteiger partial charge in [-0.05, 0) is 48.5 Å². The van der Waals surface area contributed by atoms with E-state index in [0.29, 0.717) is 32.6 Å². The van der Waals surface area contributed by atoms with Crippen molar-refractivity contribution in [3.63, 3.8) is 0 Å². The molecule has 32 heavy (non-hydrogen) atoms. The van der Waals surface area contributed by atoms with Gasteiger partial charge in [0.05, 0.1) is 16.7 Å². The fraction of sp³-hybridized carbons (Fsp3) is 0.375. The maximum absolute atomic E-state index is 12.8. The summed E-state index contributed by atoms with van der Waals surface area (Å²) in [5, 5.41) is 7.39.